The number of rotatable bonds is 8. The minimum Gasteiger partial charge on any atom is -0.364 e. The monoisotopic (exact) mass is 295 g/mol. The highest BCUT2D eigenvalue weighted by atomic mass is 16.1. The molecule has 0 heterocycles. The fourth-order valence-corrected chi connectivity index (χ4v) is 2.73. The van der Waals surface area contributed by atoms with Crippen molar-refractivity contribution in [3.05, 3.63) is 66.2 Å². The predicted molar refractivity (Wildman–Crippen MR) is 93.5 cm³/mol. The average molecular weight is 295 g/mol. The number of unbranched alkanes of at least 4 members (excludes halogenated alkanes) is 2. The predicted octanol–water partition coefficient (Wildman–Crippen LogP) is 4.95. The zero-order chi connectivity index (χ0) is 15.8. The molecule has 2 nitrogen and oxygen atoms in total. The quantitative estimate of drug-likeness (QED) is 0.507. The Kier molecular flexibility index (Phi) is 6.20. The van der Waals surface area contributed by atoms with E-state index in [1.165, 1.54) is 12.8 Å². The molecular formula is C20H25NO. The fraction of sp³-hybridized carbons (Fsp3) is 0.350. The molecule has 2 aromatic rings. The van der Waals surface area contributed by atoms with Crippen LogP contribution in [0.2, 0.25) is 0 Å². The number of hydrogen-bond acceptors (Lipinski definition) is 2. The largest absolute Gasteiger partial charge is 0.364 e. The molecule has 1 atom stereocenters. The minimum absolute atomic E-state index is 0.101. The summed E-state index contributed by atoms with van der Waals surface area (Å²) in [7, 11) is 2.02. The summed E-state index contributed by atoms with van der Waals surface area (Å²) in [6.45, 7) is 2.19. The van der Waals surface area contributed by atoms with E-state index in [4.69, 9.17) is 0 Å². The van der Waals surface area contributed by atoms with E-state index in [9.17, 15) is 4.79 Å². The van der Waals surface area contributed by atoms with E-state index in [0.717, 1.165) is 24.1 Å². The third-order valence-corrected chi connectivity index (χ3v) is 4.07. The molecular weight excluding hydrogens is 270 g/mol. The zero-order valence-corrected chi connectivity index (χ0v) is 13.5. The van der Waals surface area contributed by atoms with Gasteiger partial charge in [0.25, 0.3) is 0 Å². The number of carbonyl (C=O) groups is 1. The van der Waals surface area contributed by atoms with Gasteiger partial charge in [-0.2, -0.15) is 0 Å². The number of benzene rings is 2. The number of carbonyl (C=O) groups excluding carboxylic acids is 1. The Bertz CT molecular complexity index is 565. The summed E-state index contributed by atoms with van der Waals surface area (Å²) in [5, 5.41) is 0. The van der Waals surface area contributed by atoms with Crippen LogP contribution in [0.15, 0.2) is 60.7 Å². The van der Waals surface area contributed by atoms with Gasteiger partial charge in [0.05, 0.1) is 6.04 Å². The summed E-state index contributed by atoms with van der Waals surface area (Å²) in [5.41, 5.74) is 1.89. The van der Waals surface area contributed by atoms with E-state index < -0.39 is 0 Å². The van der Waals surface area contributed by atoms with Crippen LogP contribution in [0.1, 0.15) is 43.0 Å². The van der Waals surface area contributed by atoms with Crippen molar-refractivity contribution in [1.29, 1.82) is 0 Å². The summed E-state index contributed by atoms with van der Waals surface area (Å²) in [5.74, 6) is 0.211. The molecule has 0 aromatic heterocycles. The van der Waals surface area contributed by atoms with Crippen molar-refractivity contribution in [3.8, 4) is 0 Å². The van der Waals surface area contributed by atoms with Gasteiger partial charge in [0.15, 0.2) is 5.78 Å². The second kappa shape index (κ2) is 8.38. The lowest BCUT2D eigenvalue weighted by Gasteiger charge is -2.29. The summed E-state index contributed by atoms with van der Waals surface area (Å²) in [6.07, 6.45) is 4.31. The van der Waals surface area contributed by atoms with Crippen LogP contribution in [-0.4, -0.2) is 18.9 Å². The topological polar surface area (TPSA) is 20.3 Å². The number of anilines is 1. The average Bonchev–Trinajstić information content (AvgIpc) is 2.59. The maximum atomic E-state index is 12.9. The Morgan fingerprint density at radius 2 is 1.55 bits per heavy atom. The lowest BCUT2D eigenvalue weighted by Crippen LogP contribution is -2.38. The van der Waals surface area contributed by atoms with Crippen molar-refractivity contribution in [2.45, 2.75) is 38.6 Å². The Labute approximate surface area is 133 Å². The third kappa shape index (κ3) is 4.20. The molecule has 0 radical (unpaired) electrons. The molecule has 2 aromatic carbocycles. The molecule has 22 heavy (non-hydrogen) atoms. The Morgan fingerprint density at radius 1 is 0.955 bits per heavy atom. The summed E-state index contributed by atoms with van der Waals surface area (Å²) in [4.78, 5) is 15.0. The van der Waals surface area contributed by atoms with Gasteiger partial charge in [-0.3, -0.25) is 4.79 Å². The minimum atomic E-state index is -0.101. The molecule has 0 aliphatic rings. The molecule has 0 bridgehead atoms. The van der Waals surface area contributed by atoms with Crippen LogP contribution in [-0.2, 0) is 0 Å². The van der Waals surface area contributed by atoms with Crippen molar-refractivity contribution in [1.82, 2.24) is 0 Å². The summed E-state index contributed by atoms with van der Waals surface area (Å²) >= 11 is 0. The molecule has 0 spiro atoms. The van der Waals surface area contributed by atoms with E-state index in [0.29, 0.717) is 0 Å². The van der Waals surface area contributed by atoms with E-state index in [-0.39, 0.29) is 11.8 Å². The highest BCUT2D eigenvalue weighted by Gasteiger charge is 2.24. The molecule has 116 valence electrons. The first-order valence-electron chi connectivity index (χ1n) is 8.11. The van der Waals surface area contributed by atoms with Crippen molar-refractivity contribution in [2.75, 3.05) is 11.9 Å². The standard InChI is InChI=1S/C20H25NO/c1-3-4-7-16-19(20(22)17-12-8-5-9-13-17)21(2)18-14-10-6-11-15-18/h5-6,8-15,19H,3-4,7,16H2,1-2H3. The second-order valence-corrected chi connectivity index (χ2v) is 5.69. The first-order chi connectivity index (χ1) is 10.7. The van der Waals surface area contributed by atoms with Crippen LogP contribution < -0.4 is 4.90 Å². The van der Waals surface area contributed by atoms with Gasteiger partial charge < -0.3 is 4.90 Å². The lowest BCUT2D eigenvalue weighted by atomic mass is 9.97. The van der Waals surface area contributed by atoms with E-state index in [1.807, 2.05) is 55.6 Å². The molecule has 0 saturated heterocycles. The molecule has 0 N–H and O–H groups in total. The van der Waals surface area contributed by atoms with Gasteiger partial charge in [0.1, 0.15) is 0 Å². The molecule has 0 saturated carbocycles. The highest BCUT2D eigenvalue weighted by Crippen LogP contribution is 2.21. The SMILES string of the molecule is CCCCCC(C(=O)c1ccccc1)N(C)c1ccccc1. The maximum Gasteiger partial charge on any atom is 0.185 e. The molecule has 0 fully saturated rings. The van der Waals surface area contributed by atoms with Gasteiger partial charge in [0, 0.05) is 18.3 Å². The van der Waals surface area contributed by atoms with Crippen LogP contribution in [0.5, 0.6) is 0 Å². The fourth-order valence-electron chi connectivity index (χ4n) is 2.73. The van der Waals surface area contributed by atoms with Gasteiger partial charge in [-0.1, -0.05) is 74.7 Å². The number of nitrogens with zero attached hydrogens (tertiary/aromatic N) is 1. The molecule has 0 aliphatic heterocycles. The van der Waals surface area contributed by atoms with Crippen molar-refractivity contribution >= 4 is 11.5 Å². The lowest BCUT2D eigenvalue weighted by molar-refractivity contribution is 0.0954. The number of hydrogen-bond donors (Lipinski definition) is 0. The van der Waals surface area contributed by atoms with Gasteiger partial charge in [0.2, 0.25) is 0 Å². The van der Waals surface area contributed by atoms with Gasteiger partial charge >= 0.3 is 0 Å². The zero-order valence-electron chi connectivity index (χ0n) is 13.5. The molecule has 0 amide bonds. The molecule has 2 rings (SSSR count). The van der Waals surface area contributed by atoms with E-state index in [1.54, 1.807) is 0 Å². The Morgan fingerprint density at radius 3 is 2.14 bits per heavy atom. The smallest absolute Gasteiger partial charge is 0.185 e. The van der Waals surface area contributed by atoms with Crippen molar-refractivity contribution in [3.63, 3.8) is 0 Å². The molecule has 2 heteroatoms. The maximum absolute atomic E-state index is 12.9. The van der Waals surface area contributed by atoms with Crippen LogP contribution in [0.25, 0.3) is 0 Å². The summed E-state index contributed by atoms with van der Waals surface area (Å²) in [6, 6.07) is 19.7. The normalized spacial score (nSPS) is 11.9. The second-order valence-electron chi connectivity index (χ2n) is 5.69. The first kappa shape index (κ1) is 16.3. The Balaban J connectivity index is 2.20. The van der Waals surface area contributed by atoms with Crippen molar-refractivity contribution < 1.29 is 4.79 Å². The van der Waals surface area contributed by atoms with Gasteiger partial charge in [-0.25, -0.2) is 0 Å². The van der Waals surface area contributed by atoms with Gasteiger partial charge in [-0.05, 0) is 18.6 Å². The number of ketones is 1. The summed E-state index contributed by atoms with van der Waals surface area (Å²) < 4.78 is 0. The first-order valence-corrected chi connectivity index (χ1v) is 8.11. The number of likely N-dealkylation sites (N-methyl/N-ethyl adjacent to an activating group) is 1. The van der Waals surface area contributed by atoms with Crippen LogP contribution in [0, 0.1) is 0 Å². The van der Waals surface area contributed by atoms with E-state index >= 15 is 0 Å². The van der Waals surface area contributed by atoms with Gasteiger partial charge in [-0.15, -0.1) is 0 Å². The Hall–Kier alpha value is -2.09. The van der Waals surface area contributed by atoms with Crippen LogP contribution in [0.3, 0.4) is 0 Å². The third-order valence-electron chi connectivity index (χ3n) is 4.07. The molecule has 0 aliphatic carbocycles. The van der Waals surface area contributed by atoms with Crippen molar-refractivity contribution in [2.24, 2.45) is 0 Å². The molecule has 1 unspecified atom stereocenters. The number of para-hydroxylation sites is 1. The highest BCUT2D eigenvalue weighted by molar-refractivity contribution is 6.01. The van der Waals surface area contributed by atoms with E-state index in [2.05, 4.69) is 24.0 Å². The number of Topliss-reactive ketones (excluding diaryl/α,β-unsaturated/α-hetero) is 1. The van der Waals surface area contributed by atoms with Crippen LogP contribution >= 0.6 is 0 Å². The van der Waals surface area contributed by atoms with Crippen LogP contribution in [0.4, 0.5) is 5.69 Å².